The molecule has 2 atom stereocenters. The van der Waals surface area contributed by atoms with Crippen LogP contribution in [0.5, 0.6) is 0 Å². The minimum atomic E-state index is -3.74. The number of rotatable bonds is 8. The lowest BCUT2D eigenvalue weighted by Gasteiger charge is -2.29. The van der Waals surface area contributed by atoms with Crippen LogP contribution in [0.2, 0.25) is 0 Å². The van der Waals surface area contributed by atoms with Crippen molar-refractivity contribution in [2.75, 3.05) is 0 Å². The first-order valence-electron chi connectivity index (χ1n) is 10.4. The van der Waals surface area contributed by atoms with Crippen molar-refractivity contribution in [3.63, 3.8) is 0 Å². The molecule has 1 amide bonds. The van der Waals surface area contributed by atoms with Gasteiger partial charge in [0.15, 0.2) is 0 Å². The molecule has 5 nitrogen and oxygen atoms in total. The first-order chi connectivity index (χ1) is 13.9. The minimum Gasteiger partial charge on any atom is -0.333 e. The molecule has 2 aromatic carbocycles. The number of benzene rings is 2. The van der Waals surface area contributed by atoms with E-state index in [0.29, 0.717) is 17.5 Å². The van der Waals surface area contributed by atoms with Crippen LogP contribution < -0.4 is 4.72 Å². The van der Waals surface area contributed by atoms with E-state index >= 15 is 0 Å². The molecule has 0 spiro atoms. The average molecular weight is 413 g/mol. The third-order valence-corrected chi connectivity index (χ3v) is 7.48. The van der Waals surface area contributed by atoms with E-state index in [1.54, 1.807) is 18.2 Å². The van der Waals surface area contributed by atoms with E-state index in [2.05, 4.69) is 11.6 Å². The third-order valence-electron chi connectivity index (χ3n) is 5.94. The highest BCUT2D eigenvalue weighted by Crippen LogP contribution is 2.40. The predicted molar refractivity (Wildman–Crippen MR) is 113 cm³/mol. The molecule has 0 heterocycles. The van der Waals surface area contributed by atoms with Crippen molar-refractivity contribution in [3.8, 4) is 0 Å². The summed E-state index contributed by atoms with van der Waals surface area (Å²) in [6.07, 6.45) is 4.43. The van der Waals surface area contributed by atoms with Crippen LogP contribution in [-0.4, -0.2) is 31.3 Å². The molecule has 2 aliphatic carbocycles. The number of carbonyl (C=O) groups is 1. The molecule has 2 saturated carbocycles. The molecule has 0 radical (unpaired) electrons. The molecular formula is C23H28N2O3S. The Morgan fingerprint density at radius 1 is 1.00 bits per heavy atom. The number of hydrogen-bond donors (Lipinski definition) is 1. The number of hydrogen-bond acceptors (Lipinski definition) is 3. The Morgan fingerprint density at radius 2 is 1.69 bits per heavy atom. The second kappa shape index (κ2) is 7.92. The minimum absolute atomic E-state index is 0.0555. The zero-order valence-electron chi connectivity index (χ0n) is 16.9. The SMILES string of the molecule is CC(NS(=O)(=O)c1cccc(C(=O)N(C2CC2)C(C)C2CC2)c1)c1ccccc1. The molecule has 0 aliphatic heterocycles. The normalized spacial score (nSPS) is 18.8. The Hall–Kier alpha value is -2.18. The summed E-state index contributed by atoms with van der Waals surface area (Å²) in [6, 6.07) is 16.0. The average Bonchev–Trinajstić information content (AvgIpc) is 3.62. The van der Waals surface area contributed by atoms with Gasteiger partial charge in [0.25, 0.3) is 5.91 Å². The van der Waals surface area contributed by atoms with Crippen molar-refractivity contribution in [1.82, 2.24) is 9.62 Å². The van der Waals surface area contributed by atoms with Crippen LogP contribution >= 0.6 is 0 Å². The summed E-state index contributed by atoms with van der Waals surface area (Å²) >= 11 is 0. The standard InChI is InChI=1S/C23H28N2O3S/c1-16(18-7-4-3-5-8-18)24-29(27,28)22-10-6-9-20(15-22)23(26)25(21-13-14-21)17(2)19-11-12-19/h3-10,15-17,19,21,24H,11-14H2,1-2H3. The van der Waals surface area contributed by atoms with Gasteiger partial charge in [0.2, 0.25) is 10.0 Å². The van der Waals surface area contributed by atoms with Gasteiger partial charge >= 0.3 is 0 Å². The zero-order chi connectivity index (χ0) is 20.6. The smallest absolute Gasteiger partial charge is 0.254 e. The molecule has 6 heteroatoms. The molecule has 0 bridgehead atoms. The van der Waals surface area contributed by atoms with E-state index in [4.69, 9.17) is 0 Å². The largest absolute Gasteiger partial charge is 0.333 e. The lowest BCUT2D eigenvalue weighted by Crippen LogP contribution is -2.41. The number of carbonyl (C=O) groups excluding carboxylic acids is 1. The van der Waals surface area contributed by atoms with Gasteiger partial charge in [0, 0.05) is 23.7 Å². The van der Waals surface area contributed by atoms with Crippen molar-refractivity contribution in [2.45, 2.75) is 62.6 Å². The summed E-state index contributed by atoms with van der Waals surface area (Å²) in [5.74, 6) is 0.528. The Balaban J connectivity index is 1.55. The predicted octanol–water partition coefficient (Wildman–Crippen LogP) is 4.13. The second-order valence-electron chi connectivity index (χ2n) is 8.30. The topological polar surface area (TPSA) is 66.5 Å². The van der Waals surface area contributed by atoms with Gasteiger partial charge in [-0.1, -0.05) is 36.4 Å². The monoisotopic (exact) mass is 412 g/mol. The molecule has 2 aliphatic rings. The molecule has 2 aromatic rings. The Morgan fingerprint density at radius 3 is 2.31 bits per heavy atom. The van der Waals surface area contributed by atoms with Crippen molar-refractivity contribution in [3.05, 3.63) is 65.7 Å². The van der Waals surface area contributed by atoms with Gasteiger partial charge in [-0.15, -0.1) is 0 Å². The summed E-state index contributed by atoms with van der Waals surface area (Å²) in [5, 5.41) is 0. The lowest BCUT2D eigenvalue weighted by molar-refractivity contribution is 0.0654. The van der Waals surface area contributed by atoms with E-state index in [-0.39, 0.29) is 22.9 Å². The summed E-state index contributed by atoms with van der Waals surface area (Å²) in [5.41, 5.74) is 1.33. The van der Waals surface area contributed by atoms with Crippen LogP contribution in [0.4, 0.5) is 0 Å². The van der Waals surface area contributed by atoms with Gasteiger partial charge in [-0.05, 0) is 69.2 Å². The van der Waals surface area contributed by atoms with E-state index in [1.165, 1.54) is 18.9 Å². The molecular weight excluding hydrogens is 384 g/mol. The van der Waals surface area contributed by atoms with E-state index in [1.807, 2.05) is 42.2 Å². The van der Waals surface area contributed by atoms with Gasteiger partial charge in [-0.25, -0.2) is 13.1 Å². The molecule has 1 N–H and O–H groups in total. The van der Waals surface area contributed by atoms with Gasteiger partial charge in [0.05, 0.1) is 4.90 Å². The first kappa shape index (κ1) is 20.1. The first-order valence-corrected chi connectivity index (χ1v) is 11.8. The van der Waals surface area contributed by atoms with Crippen molar-refractivity contribution >= 4 is 15.9 Å². The van der Waals surface area contributed by atoms with Crippen LogP contribution in [0.15, 0.2) is 59.5 Å². The maximum absolute atomic E-state index is 13.2. The summed E-state index contributed by atoms with van der Waals surface area (Å²) < 4.78 is 28.6. The van der Waals surface area contributed by atoms with Crippen molar-refractivity contribution in [2.24, 2.45) is 5.92 Å². The van der Waals surface area contributed by atoms with Crippen LogP contribution in [0.3, 0.4) is 0 Å². The fraction of sp³-hybridized carbons (Fsp3) is 0.435. The molecule has 2 fully saturated rings. The maximum Gasteiger partial charge on any atom is 0.254 e. The molecule has 0 aromatic heterocycles. The van der Waals surface area contributed by atoms with Gasteiger partial charge in [-0.3, -0.25) is 4.79 Å². The van der Waals surface area contributed by atoms with Crippen molar-refractivity contribution in [1.29, 1.82) is 0 Å². The Kier molecular flexibility index (Phi) is 5.49. The Bertz CT molecular complexity index is 982. The number of nitrogens with one attached hydrogen (secondary N) is 1. The van der Waals surface area contributed by atoms with Crippen LogP contribution in [0, 0.1) is 5.92 Å². The fourth-order valence-corrected chi connectivity index (χ4v) is 5.18. The van der Waals surface area contributed by atoms with Crippen LogP contribution in [-0.2, 0) is 10.0 Å². The summed E-state index contributed by atoms with van der Waals surface area (Å²) in [7, 11) is -3.74. The molecule has 29 heavy (non-hydrogen) atoms. The fourth-order valence-electron chi connectivity index (χ4n) is 3.90. The van der Waals surface area contributed by atoms with E-state index in [0.717, 1.165) is 18.4 Å². The molecule has 4 rings (SSSR count). The molecule has 0 saturated heterocycles. The van der Waals surface area contributed by atoms with Crippen LogP contribution in [0.25, 0.3) is 0 Å². The number of sulfonamides is 1. The number of nitrogens with zero attached hydrogens (tertiary/aromatic N) is 1. The molecule has 154 valence electrons. The zero-order valence-corrected chi connectivity index (χ0v) is 17.7. The molecule has 2 unspecified atom stereocenters. The maximum atomic E-state index is 13.2. The van der Waals surface area contributed by atoms with Gasteiger partial charge < -0.3 is 4.90 Å². The third kappa shape index (κ3) is 4.54. The highest BCUT2D eigenvalue weighted by molar-refractivity contribution is 7.89. The Labute approximate surface area is 173 Å². The van der Waals surface area contributed by atoms with E-state index < -0.39 is 10.0 Å². The second-order valence-corrected chi connectivity index (χ2v) is 10.0. The van der Waals surface area contributed by atoms with Gasteiger partial charge in [-0.2, -0.15) is 0 Å². The highest BCUT2D eigenvalue weighted by Gasteiger charge is 2.42. The van der Waals surface area contributed by atoms with Crippen LogP contribution in [0.1, 0.15) is 61.5 Å². The lowest BCUT2D eigenvalue weighted by atomic mass is 10.1. The van der Waals surface area contributed by atoms with Crippen molar-refractivity contribution < 1.29 is 13.2 Å². The quantitative estimate of drug-likeness (QED) is 0.709. The van der Waals surface area contributed by atoms with Gasteiger partial charge in [0.1, 0.15) is 0 Å². The summed E-state index contributed by atoms with van der Waals surface area (Å²) in [4.78, 5) is 15.3. The highest BCUT2D eigenvalue weighted by atomic mass is 32.2. The summed E-state index contributed by atoms with van der Waals surface area (Å²) in [6.45, 7) is 3.94. The number of amides is 1. The van der Waals surface area contributed by atoms with E-state index in [9.17, 15) is 13.2 Å².